The zero-order valence-corrected chi connectivity index (χ0v) is 31.9. The largest absolute Gasteiger partial charge is 0.497 e. The molecule has 0 unspecified atom stereocenters. The Morgan fingerprint density at radius 3 is 1.78 bits per heavy atom. The minimum absolute atomic E-state index is 0.402. The first-order chi connectivity index (χ1) is 24.4. The number of hydrogen-bond donors (Lipinski definition) is 2. The maximum Gasteiger partial charge on any atom is 0.207 e. The summed E-state index contributed by atoms with van der Waals surface area (Å²) in [6, 6.07) is 22.9. The third kappa shape index (κ3) is 14.1. The molecule has 10 nitrogen and oxygen atoms in total. The zero-order chi connectivity index (χ0) is 36.7. The van der Waals surface area contributed by atoms with Crippen LogP contribution in [0, 0.1) is 0 Å². The van der Waals surface area contributed by atoms with Crippen LogP contribution in [0.1, 0.15) is 39.7 Å². The van der Waals surface area contributed by atoms with Crippen molar-refractivity contribution in [2.75, 3.05) is 107 Å². The summed E-state index contributed by atoms with van der Waals surface area (Å²) in [7, 11) is 3.77. The maximum absolute atomic E-state index is 9.52. The molecule has 2 heterocycles. The number of nitrogens with one attached hydrogen (secondary N) is 1. The summed E-state index contributed by atoms with van der Waals surface area (Å²) in [4.78, 5) is 31.3. The van der Waals surface area contributed by atoms with Crippen LogP contribution < -0.4 is 30.5 Å². The molecule has 0 spiro atoms. The summed E-state index contributed by atoms with van der Waals surface area (Å²) >= 11 is 6.76. The first-order valence-electron chi connectivity index (χ1n) is 17.9. The molecule has 0 aliphatic carbocycles. The Morgan fingerprint density at radius 2 is 1.30 bits per heavy atom. The van der Waals surface area contributed by atoms with Gasteiger partial charge in [-0.15, -0.1) is 0 Å². The molecule has 5 rings (SSSR count). The smallest absolute Gasteiger partial charge is 0.207 e. The summed E-state index contributed by atoms with van der Waals surface area (Å²) < 4.78 is 5.27. The number of hydrogen-bond acceptors (Lipinski definition) is 9. The summed E-state index contributed by atoms with van der Waals surface area (Å²) in [5.41, 5.74) is 11.4. The van der Waals surface area contributed by atoms with Crippen molar-refractivity contribution in [3.63, 3.8) is 0 Å². The molecule has 2 saturated heterocycles. The molecule has 3 aromatic carbocycles. The lowest BCUT2D eigenvalue weighted by atomic mass is 10.1. The molecule has 276 valence electrons. The van der Waals surface area contributed by atoms with E-state index in [1.54, 1.807) is 7.11 Å². The Bertz CT molecular complexity index is 1340. The van der Waals surface area contributed by atoms with Gasteiger partial charge in [0.1, 0.15) is 12.0 Å². The molecule has 11 heteroatoms. The third-order valence-corrected chi connectivity index (χ3v) is 8.81. The van der Waals surface area contributed by atoms with Gasteiger partial charge in [-0.1, -0.05) is 51.4 Å². The summed E-state index contributed by atoms with van der Waals surface area (Å²) in [5.74, 6) is 0.872. The normalized spacial score (nSPS) is 14.5. The molecule has 1 amide bonds. The van der Waals surface area contributed by atoms with E-state index >= 15 is 0 Å². The first kappa shape index (κ1) is 42.2. The van der Waals surface area contributed by atoms with Gasteiger partial charge in [0.15, 0.2) is 0 Å². The molecule has 0 atom stereocenters. The van der Waals surface area contributed by atoms with Crippen molar-refractivity contribution in [2.45, 2.75) is 40.7 Å². The van der Waals surface area contributed by atoms with Crippen LogP contribution in [-0.2, 0) is 16.1 Å². The van der Waals surface area contributed by atoms with Gasteiger partial charge in [-0.2, -0.15) is 0 Å². The quantitative estimate of drug-likeness (QED) is 0.128. The van der Waals surface area contributed by atoms with Crippen LogP contribution in [0.5, 0.6) is 5.75 Å². The minimum Gasteiger partial charge on any atom is -0.497 e. The van der Waals surface area contributed by atoms with Crippen LogP contribution in [0.4, 0.5) is 22.7 Å². The van der Waals surface area contributed by atoms with E-state index in [2.05, 4.69) is 79.3 Å². The number of carbonyl (C=O) groups is 2. The fourth-order valence-electron chi connectivity index (χ4n) is 5.72. The van der Waals surface area contributed by atoms with E-state index in [1.165, 1.54) is 16.9 Å². The molecule has 3 aromatic rings. The van der Waals surface area contributed by atoms with Gasteiger partial charge in [0.05, 0.1) is 17.8 Å². The molecule has 2 aliphatic rings. The highest BCUT2D eigenvalue weighted by Crippen LogP contribution is 2.31. The van der Waals surface area contributed by atoms with Crippen molar-refractivity contribution < 1.29 is 14.3 Å². The van der Waals surface area contributed by atoms with Crippen LogP contribution in [0.3, 0.4) is 0 Å². The van der Waals surface area contributed by atoms with Gasteiger partial charge >= 0.3 is 0 Å². The number of piperazine rings is 2. The molecule has 0 radical (unpaired) electrons. The van der Waals surface area contributed by atoms with E-state index in [4.69, 9.17) is 22.1 Å². The predicted molar refractivity (Wildman–Crippen MR) is 212 cm³/mol. The summed E-state index contributed by atoms with van der Waals surface area (Å²) in [6.45, 7) is 20.1. The monoisotopic (exact) mass is 709 g/mol. The molecule has 2 aliphatic heterocycles. The first-order valence-corrected chi connectivity index (χ1v) is 18.3. The number of ether oxygens (including phenoxy) is 1. The fraction of sp³-hybridized carbons (Fsp3) is 0.487. The molecule has 0 saturated carbocycles. The number of benzene rings is 3. The lowest BCUT2D eigenvalue weighted by Crippen LogP contribution is -2.51. The number of carbonyl (C=O) groups excluding carboxylic acids is 2. The second-order valence-corrected chi connectivity index (χ2v) is 12.0. The highest BCUT2D eigenvalue weighted by atomic mass is 35.5. The highest BCUT2D eigenvalue weighted by molar-refractivity contribution is 6.33. The van der Waals surface area contributed by atoms with Gasteiger partial charge < -0.3 is 35.3 Å². The number of methoxy groups -OCH3 is 1. The van der Waals surface area contributed by atoms with Crippen LogP contribution in [0.25, 0.3) is 0 Å². The topological polar surface area (TPSA) is 97.6 Å². The maximum atomic E-state index is 9.52. The van der Waals surface area contributed by atoms with Crippen LogP contribution in [-0.4, -0.2) is 109 Å². The number of rotatable bonds is 13. The van der Waals surface area contributed by atoms with Crippen molar-refractivity contribution in [2.24, 2.45) is 0 Å². The van der Waals surface area contributed by atoms with Gasteiger partial charge in [-0.05, 0) is 60.2 Å². The van der Waals surface area contributed by atoms with Gasteiger partial charge in [-0.25, -0.2) is 0 Å². The van der Waals surface area contributed by atoms with E-state index in [0.29, 0.717) is 19.4 Å². The van der Waals surface area contributed by atoms with Crippen LogP contribution >= 0.6 is 11.6 Å². The highest BCUT2D eigenvalue weighted by Gasteiger charge is 2.21. The minimum atomic E-state index is 0.402. The Balaban J connectivity index is 0.000000695. The van der Waals surface area contributed by atoms with E-state index < -0.39 is 0 Å². The van der Waals surface area contributed by atoms with Gasteiger partial charge in [-0.3, -0.25) is 14.6 Å². The Labute approximate surface area is 306 Å². The zero-order valence-electron chi connectivity index (χ0n) is 31.1. The molecule has 0 bridgehead atoms. The lowest BCUT2D eigenvalue weighted by Gasteiger charge is -2.39. The number of aldehydes is 1. The van der Waals surface area contributed by atoms with Crippen molar-refractivity contribution in [3.05, 3.63) is 77.3 Å². The van der Waals surface area contributed by atoms with Crippen molar-refractivity contribution in [1.82, 2.24) is 15.1 Å². The SMILES string of the molecule is CC.CC.COc1ccc(CN(C)c2ccc(N3CCN(CCN4CCN(c5ccc(N)cc5)CC4)CC3)cc2Cl)cc1.O=CCCNC=O. The van der Waals surface area contributed by atoms with Crippen molar-refractivity contribution >= 4 is 47.0 Å². The standard InChI is InChI=1S/C31H41ClN6O.C4H7NO2.2C2H6/c1-34(24-25-3-10-29(39-2)11-4-25)31-12-9-28(23-30(31)32)38-21-17-36(18-22-38)14-13-35-15-19-37(20-16-35)27-7-5-26(33)6-8-27;6-3-1-2-5-4-7;2*1-2/h3-12,23H,13-22,24,33H2,1-2H3;3-4H,1-2H2,(H,5,7);2*1-2H3. The Hall–Kier alpha value is -3.99. The molecule has 0 aromatic heterocycles. The molecule has 2 fully saturated rings. The second-order valence-electron chi connectivity index (χ2n) is 11.6. The predicted octanol–water partition coefficient (Wildman–Crippen LogP) is 5.89. The number of nitrogens with two attached hydrogens (primary N) is 1. The average molecular weight is 710 g/mol. The summed E-state index contributed by atoms with van der Waals surface area (Å²) in [6.07, 6.45) is 1.73. The molecule has 50 heavy (non-hydrogen) atoms. The fourth-order valence-corrected chi connectivity index (χ4v) is 6.04. The van der Waals surface area contributed by atoms with Gasteiger partial charge in [0.25, 0.3) is 0 Å². The van der Waals surface area contributed by atoms with Crippen LogP contribution in [0.15, 0.2) is 66.7 Å². The molecular formula is C39H60ClN7O3. The average Bonchev–Trinajstić information content (AvgIpc) is 3.17. The van der Waals surface area contributed by atoms with E-state index in [9.17, 15) is 9.59 Å². The number of nitrogens with zero attached hydrogens (tertiary/aromatic N) is 5. The van der Waals surface area contributed by atoms with E-state index in [0.717, 1.165) is 100 Å². The van der Waals surface area contributed by atoms with E-state index in [-0.39, 0.29) is 0 Å². The lowest BCUT2D eigenvalue weighted by molar-refractivity contribution is -0.110. The van der Waals surface area contributed by atoms with Crippen molar-refractivity contribution in [3.8, 4) is 5.75 Å². The molecule has 3 N–H and O–H groups in total. The number of nitrogen functional groups attached to an aromatic ring is 1. The van der Waals surface area contributed by atoms with Crippen LogP contribution in [0.2, 0.25) is 5.02 Å². The van der Waals surface area contributed by atoms with Gasteiger partial charge in [0.2, 0.25) is 6.41 Å². The van der Waals surface area contributed by atoms with Gasteiger partial charge in [0, 0.05) is 109 Å². The Kier molecular flexibility index (Phi) is 20.4. The second kappa shape index (κ2) is 24.2. The number of anilines is 4. The van der Waals surface area contributed by atoms with Crippen molar-refractivity contribution in [1.29, 1.82) is 0 Å². The third-order valence-electron chi connectivity index (χ3n) is 8.51. The summed E-state index contributed by atoms with van der Waals surface area (Å²) in [5, 5.41) is 3.13. The Morgan fingerprint density at radius 1 is 0.780 bits per heavy atom. The number of amides is 1. The van der Waals surface area contributed by atoms with E-state index in [1.807, 2.05) is 52.0 Å². The number of halogens is 1. The molecular weight excluding hydrogens is 650 g/mol.